The third-order valence-corrected chi connectivity index (χ3v) is 3.92. The fourth-order valence-electron chi connectivity index (χ4n) is 2.72. The maximum absolute atomic E-state index is 12.0. The first kappa shape index (κ1) is 15.2. The minimum Gasteiger partial charge on any atom is -0.406 e. The van der Waals surface area contributed by atoms with Gasteiger partial charge in [-0.15, -0.1) is 13.2 Å². The summed E-state index contributed by atoms with van der Waals surface area (Å²) in [7, 11) is 0. The van der Waals surface area contributed by atoms with E-state index in [2.05, 4.69) is 18.6 Å². The third kappa shape index (κ3) is 3.88. The highest BCUT2D eigenvalue weighted by Gasteiger charge is 2.43. The van der Waals surface area contributed by atoms with Crippen LogP contribution in [0.5, 0.6) is 5.75 Å². The molecule has 0 saturated heterocycles. The van der Waals surface area contributed by atoms with Gasteiger partial charge in [0.1, 0.15) is 5.75 Å². The quantitative estimate of drug-likeness (QED) is 0.909. The molecule has 0 spiro atoms. The van der Waals surface area contributed by atoms with Gasteiger partial charge >= 0.3 is 6.36 Å². The van der Waals surface area contributed by atoms with E-state index in [0.29, 0.717) is 18.3 Å². The lowest BCUT2D eigenvalue weighted by Crippen LogP contribution is -2.47. The number of halogens is 3. The Kier molecular flexibility index (Phi) is 4.00. The maximum Gasteiger partial charge on any atom is 0.573 e. The fraction of sp³-hybridized carbons (Fsp3) is 0.600. The van der Waals surface area contributed by atoms with Crippen molar-refractivity contribution >= 4 is 0 Å². The fourth-order valence-corrected chi connectivity index (χ4v) is 2.72. The van der Waals surface area contributed by atoms with Gasteiger partial charge in [-0.05, 0) is 42.4 Å². The van der Waals surface area contributed by atoms with Crippen LogP contribution in [-0.4, -0.2) is 17.1 Å². The van der Waals surface area contributed by atoms with Crippen LogP contribution in [0.15, 0.2) is 24.3 Å². The van der Waals surface area contributed by atoms with E-state index in [1.54, 1.807) is 12.1 Å². The minimum absolute atomic E-state index is 0.234. The van der Waals surface area contributed by atoms with Crippen LogP contribution in [0.3, 0.4) is 0 Å². The van der Waals surface area contributed by atoms with E-state index >= 15 is 0 Å². The van der Waals surface area contributed by atoms with E-state index in [4.69, 9.17) is 0 Å². The van der Waals surface area contributed by atoms with Crippen molar-refractivity contribution in [3.05, 3.63) is 29.8 Å². The number of hydrogen-bond acceptors (Lipinski definition) is 2. The first-order valence-corrected chi connectivity index (χ1v) is 6.74. The van der Waals surface area contributed by atoms with Crippen molar-refractivity contribution in [1.82, 2.24) is 0 Å². The number of hydrogen-bond donors (Lipinski definition) is 1. The smallest absolute Gasteiger partial charge is 0.406 e. The van der Waals surface area contributed by atoms with Crippen LogP contribution in [0.25, 0.3) is 0 Å². The van der Waals surface area contributed by atoms with Gasteiger partial charge in [-0.3, -0.25) is 0 Å². The summed E-state index contributed by atoms with van der Waals surface area (Å²) in [5, 5.41) is 10.3. The van der Waals surface area contributed by atoms with E-state index in [1.165, 1.54) is 12.1 Å². The molecule has 0 aliphatic heterocycles. The molecule has 1 aliphatic carbocycles. The molecule has 0 amide bonds. The van der Waals surface area contributed by atoms with Gasteiger partial charge < -0.3 is 9.84 Å². The Balaban J connectivity index is 1.92. The van der Waals surface area contributed by atoms with E-state index in [9.17, 15) is 18.3 Å². The third-order valence-electron chi connectivity index (χ3n) is 3.92. The number of alkyl halides is 3. The average Bonchev–Trinajstić information content (AvgIpc) is 2.26. The monoisotopic (exact) mass is 288 g/mol. The van der Waals surface area contributed by atoms with Crippen LogP contribution in [-0.2, 0) is 6.42 Å². The van der Waals surface area contributed by atoms with Crippen molar-refractivity contribution in [3.63, 3.8) is 0 Å². The molecule has 0 aromatic heterocycles. The normalized spacial score (nSPS) is 26.4. The van der Waals surface area contributed by atoms with E-state index < -0.39 is 12.0 Å². The SMILES string of the molecule is CC(C)C1CC(O)(Cc2ccc(OC(F)(F)F)cc2)C1. The Labute approximate surface area is 116 Å². The number of ether oxygens (including phenoxy) is 1. The Morgan fingerprint density at radius 1 is 1.25 bits per heavy atom. The molecule has 1 aromatic rings. The molecule has 0 bridgehead atoms. The molecule has 1 aliphatic rings. The van der Waals surface area contributed by atoms with Gasteiger partial charge in [0.15, 0.2) is 0 Å². The number of benzene rings is 1. The van der Waals surface area contributed by atoms with Crippen molar-refractivity contribution in [2.24, 2.45) is 11.8 Å². The van der Waals surface area contributed by atoms with Crippen LogP contribution in [0.2, 0.25) is 0 Å². The van der Waals surface area contributed by atoms with Crippen molar-refractivity contribution in [3.8, 4) is 5.75 Å². The predicted octanol–water partition coefficient (Wildman–Crippen LogP) is 3.92. The summed E-state index contributed by atoms with van der Waals surface area (Å²) in [6, 6.07) is 5.71. The highest BCUT2D eigenvalue weighted by molar-refractivity contribution is 5.28. The second-order valence-corrected chi connectivity index (χ2v) is 6.01. The van der Waals surface area contributed by atoms with E-state index in [1.807, 2.05) is 0 Å². The zero-order valence-electron chi connectivity index (χ0n) is 11.6. The molecule has 20 heavy (non-hydrogen) atoms. The van der Waals surface area contributed by atoms with Gasteiger partial charge in [0.2, 0.25) is 0 Å². The van der Waals surface area contributed by atoms with Crippen molar-refractivity contribution in [2.75, 3.05) is 0 Å². The van der Waals surface area contributed by atoms with Crippen molar-refractivity contribution in [1.29, 1.82) is 0 Å². The lowest BCUT2D eigenvalue weighted by Gasteiger charge is -2.46. The Morgan fingerprint density at radius 3 is 2.25 bits per heavy atom. The molecular weight excluding hydrogens is 269 g/mol. The van der Waals surface area contributed by atoms with Crippen molar-refractivity contribution < 1.29 is 23.0 Å². The van der Waals surface area contributed by atoms with Crippen LogP contribution in [0, 0.1) is 11.8 Å². The van der Waals surface area contributed by atoms with Crippen molar-refractivity contribution in [2.45, 2.75) is 45.1 Å². The molecule has 1 fully saturated rings. The predicted molar refractivity (Wildman–Crippen MR) is 69.3 cm³/mol. The molecule has 2 rings (SSSR count). The highest BCUT2D eigenvalue weighted by atomic mass is 19.4. The maximum atomic E-state index is 12.0. The molecular formula is C15H19F3O2. The highest BCUT2D eigenvalue weighted by Crippen LogP contribution is 2.44. The molecule has 112 valence electrons. The zero-order chi connectivity index (χ0) is 15.0. The summed E-state index contributed by atoms with van der Waals surface area (Å²) in [6.07, 6.45) is -2.68. The summed E-state index contributed by atoms with van der Waals surface area (Å²) < 4.78 is 39.9. The Hall–Kier alpha value is -1.23. The van der Waals surface area contributed by atoms with Crippen LogP contribution < -0.4 is 4.74 Å². The number of aliphatic hydroxyl groups is 1. The van der Waals surface area contributed by atoms with Crippen LogP contribution >= 0.6 is 0 Å². The topological polar surface area (TPSA) is 29.5 Å². The minimum atomic E-state index is -4.67. The average molecular weight is 288 g/mol. The van der Waals surface area contributed by atoms with Crippen LogP contribution in [0.1, 0.15) is 32.3 Å². The van der Waals surface area contributed by atoms with Gasteiger partial charge in [-0.1, -0.05) is 26.0 Å². The summed E-state index contributed by atoms with van der Waals surface area (Å²) in [5.74, 6) is 0.854. The zero-order valence-corrected chi connectivity index (χ0v) is 11.6. The molecule has 0 atom stereocenters. The summed E-state index contributed by atoms with van der Waals surface area (Å²) in [5.41, 5.74) is 0.116. The van der Waals surface area contributed by atoms with Gasteiger partial charge in [0.05, 0.1) is 5.60 Å². The van der Waals surface area contributed by atoms with Crippen LogP contribution in [0.4, 0.5) is 13.2 Å². The molecule has 1 saturated carbocycles. The summed E-state index contributed by atoms with van der Waals surface area (Å²) >= 11 is 0. The number of rotatable bonds is 4. The second kappa shape index (κ2) is 5.28. The molecule has 5 heteroatoms. The summed E-state index contributed by atoms with van der Waals surface area (Å²) in [6.45, 7) is 4.26. The largest absolute Gasteiger partial charge is 0.573 e. The molecule has 1 aromatic carbocycles. The van der Waals surface area contributed by atoms with Gasteiger partial charge in [0.25, 0.3) is 0 Å². The van der Waals surface area contributed by atoms with Gasteiger partial charge in [-0.25, -0.2) is 0 Å². The van der Waals surface area contributed by atoms with Gasteiger partial charge in [-0.2, -0.15) is 0 Å². The Bertz CT molecular complexity index is 445. The van der Waals surface area contributed by atoms with Gasteiger partial charge in [0, 0.05) is 6.42 Å². The molecule has 0 radical (unpaired) electrons. The molecule has 2 nitrogen and oxygen atoms in total. The standard InChI is InChI=1S/C15H19F3O2/c1-10(2)12-8-14(19,9-12)7-11-3-5-13(6-4-11)20-15(16,17)18/h3-6,10,12,19H,7-9H2,1-2H3. The van der Waals surface area contributed by atoms with E-state index in [-0.39, 0.29) is 5.75 Å². The summed E-state index contributed by atoms with van der Waals surface area (Å²) in [4.78, 5) is 0. The molecule has 0 unspecified atom stereocenters. The first-order valence-electron chi connectivity index (χ1n) is 6.74. The molecule has 1 N–H and O–H groups in total. The van der Waals surface area contributed by atoms with E-state index in [0.717, 1.165) is 18.4 Å². The first-order chi connectivity index (χ1) is 9.17. The Morgan fingerprint density at radius 2 is 1.80 bits per heavy atom. The second-order valence-electron chi connectivity index (χ2n) is 6.01. The lowest BCUT2D eigenvalue weighted by atomic mass is 9.64. The lowest BCUT2D eigenvalue weighted by molar-refractivity contribution is -0.274. The molecule has 0 heterocycles.